The van der Waals surface area contributed by atoms with Gasteiger partial charge in [0, 0.05) is 19.8 Å². The number of amides is 2. The van der Waals surface area contributed by atoms with Gasteiger partial charge in [0.15, 0.2) is 0 Å². The molecule has 2 amide bonds. The molecule has 7 heteroatoms. The van der Waals surface area contributed by atoms with Gasteiger partial charge in [-0.25, -0.2) is 4.39 Å². The van der Waals surface area contributed by atoms with Gasteiger partial charge in [-0.05, 0) is 24.6 Å². The number of halogens is 1. The number of carbonyl (C=O) groups is 2. The largest absolute Gasteiger partial charge is 0.352 e. The second-order valence-electron chi connectivity index (χ2n) is 5.58. The van der Waals surface area contributed by atoms with Crippen molar-refractivity contribution in [2.24, 2.45) is 0 Å². The van der Waals surface area contributed by atoms with Crippen LogP contribution in [-0.2, 0) is 4.79 Å². The highest BCUT2D eigenvalue weighted by molar-refractivity contribution is 6.03. The SMILES string of the molecule is CN(C(=O)c1c[nH]c(C#N)c1)C1CCN(c2ccccc2F)C1=O. The number of nitrogens with one attached hydrogen (secondary N) is 1. The molecule has 6 nitrogen and oxygen atoms in total. The molecule has 1 saturated heterocycles. The molecule has 0 radical (unpaired) electrons. The number of hydrogen-bond acceptors (Lipinski definition) is 3. The monoisotopic (exact) mass is 326 g/mol. The van der Waals surface area contributed by atoms with Crippen LogP contribution >= 0.6 is 0 Å². The Kier molecular flexibility index (Phi) is 4.04. The summed E-state index contributed by atoms with van der Waals surface area (Å²) in [5, 5.41) is 8.81. The third-order valence-corrected chi connectivity index (χ3v) is 4.16. The van der Waals surface area contributed by atoms with Crippen LogP contribution in [-0.4, -0.2) is 41.3 Å². The molecule has 0 aliphatic carbocycles. The Morgan fingerprint density at radius 3 is 2.88 bits per heavy atom. The number of H-pyrrole nitrogens is 1. The number of nitriles is 1. The second-order valence-corrected chi connectivity index (χ2v) is 5.58. The minimum atomic E-state index is -0.655. The van der Waals surface area contributed by atoms with Crippen molar-refractivity contribution in [1.29, 1.82) is 5.26 Å². The van der Waals surface area contributed by atoms with Crippen molar-refractivity contribution in [2.45, 2.75) is 12.5 Å². The van der Waals surface area contributed by atoms with Crippen LogP contribution < -0.4 is 4.90 Å². The summed E-state index contributed by atoms with van der Waals surface area (Å²) in [5.74, 6) is -1.14. The van der Waals surface area contributed by atoms with E-state index in [1.54, 1.807) is 18.2 Å². The predicted octanol–water partition coefficient (Wildman–Crippen LogP) is 1.90. The standard InChI is InChI=1S/C17H15FN4O2/c1-21(16(23)11-8-12(9-19)20-10-11)15-6-7-22(17(15)24)14-5-3-2-4-13(14)18/h2-5,8,10,15,20H,6-7H2,1H3. The van der Waals surface area contributed by atoms with Crippen molar-refractivity contribution >= 4 is 17.5 Å². The molecule has 3 rings (SSSR count). The lowest BCUT2D eigenvalue weighted by Gasteiger charge is -2.23. The van der Waals surface area contributed by atoms with Gasteiger partial charge in [-0.2, -0.15) is 5.26 Å². The van der Waals surface area contributed by atoms with Crippen LogP contribution in [0.1, 0.15) is 22.5 Å². The van der Waals surface area contributed by atoms with E-state index in [2.05, 4.69) is 4.98 Å². The molecular weight excluding hydrogens is 311 g/mol. The molecule has 1 unspecified atom stereocenters. The van der Waals surface area contributed by atoms with E-state index in [4.69, 9.17) is 5.26 Å². The smallest absolute Gasteiger partial charge is 0.255 e. The van der Waals surface area contributed by atoms with E-state index in [0.717, 1.165) is 0 Å². The molecule has 1 atom stereocenters. The van der Waals surface area contributed by atoms with E-state index in [-0.39, 0.29) is 23.2 Å². The van der Waals surface area contributed by atoms with Crippen LogP contribution in [0.25, 0.3) is 0 Å². The summed E-state index contributed by atoms with van der Waals surface area (Å²) in [5.41, 5.74) is 0.808. The first kappa shape index (κ1) is 15.7. The first-order chi connectivity index (χ1) is 11.5. The maximum Gasteiger partial charge on any atom is 0.255 e. The van der Waals surface area contributed by atoms with Crippen molar-refractivity contribution < 1.29 is 14.0 Å². The molecule has 1 aliphatic heterocycles. The summed E-state index contributed by atoms with van der Waals surface area (Å²) >= 11 is 0. The zero-order valence-corrected chi connectivity index (χ0v) is 13.0. The summed E-state index contributed by atoms with van der Waals surface area (Å²) in [4.78, 5) is 30.5. The van der Waals surface area contributed by atoms with Crippen molar-refractivity contribution in [3.05, 3.63) is 53.6 Å². The van der Waals surface area contributed by atoms with Gasteiger partial charge in [0.1, 0.15) is 23.6 Å². The number of rotatable bonds is 3. The lowest BCUT2D eigenvalue weighted by atomic mass is 10.2. The van der Waals surface area contributed by atoms with E-state index in [1.165, 1.54) is 35.2 Å². The molecule has 0 saturated carbocycles. The quantitative estimate of drug-likeness (QED) is 0.935. The molecular formula is C17H15FN4O2. The topological polar surface area (TPSA) is 80.2 Å². The highest BCUT2D eigenvalue weighted by atomic mass is 19.1. The highest BCUT2D eigenvalue weighted by Gasteiger charge is 2.38. The van der Waals surface area contributed by atoms with Gasteiger partial charge in [0.2, 0.25) is 5.91 Å². The fourth-order valence-electron chi connectivity index (χ4n) is 2.86. The number of aromatic nitrogens is 1. The minimum absolute atomic E-state index is 0.222. The molecule has 2 aromatic rings. The molecule has 0 spiro atoms. The predicted molar refractivity (Wildman–Crippen MR) is 84.8 cm³/mol. The Balaban J connectivity index is 1.78. The summed E-state index contributed by atoms with van der Waals surface area (Å²) in [6, 6.07) is 8.76. The van der Waals surface area contributed by atoms with Gasteiger partial charge < -0.3 is 14.8 Å². The van der Waals surface area contributed by atoms with E-state index >= 15 is 0 Å². The van der Waals surface area contributed by atoms with Gasteiger partial charge >= 0.3 is 0 Å². The van der Waals surface area contributed by atoms with Crippen molar-refractivity contribution in [1.82, 2.24) is 9.88 Å². The van der Waals surface area contributed by atoms with E-state index in [9.17, 15) is 14.0 Å². The average molecular weight is 326 g/mol. The zero-order chi connectivity index (χ0) is 17.3. The molecule has 1 aromatic heterocycles. The van der Waals surface area contributed by atoms with Crippen LogP contribution in [0.2, 0.25) is 0 Å². The molecule has 1 N–H and O–H groups in total. The number of hydrogen-bond donors (Lipinski definition) is 1. The lowest BCUT2D eigenvalue weighted by molar-refractivity contribution is -0.120. The van der Waals surface area contributed by atoms with Gasteiger partial charge in [-0.15, -0.1) is 0 Å². The summed E-state index contributed by atoms with van der Waals surface area (Å²) in [7, 11) is 1.54. The molecule has 1 fully saturated rings. The van der Waals surface area contributed by atoms with E-state index in [0.29, 0.717) is 18.5 Å². The van der Waals surface area contributed by atoms with Crippen molar-refractivity contribution in [3.63, 3.8) is 0 Å². The Bertz CT molecular complexity index is 839. The number of carbonyl (C=O) groups excluding carboxylic acids is 2. The summed E-state index contributed by atoms with van der Waals surface area (Å²) in [6.07, 6.45) is 1.86. The number of aromatic amines is 1. The van der Waals surface area contributed by atoms with Gasteiger partial charge in [-0.1, -0.05) is 12.1 Å². The van der Waals surface area contributed by atoms with Crippen molar-refractivity contribution in [3.8, 4) is 6.07 Å². The number of para-hydroxylation sites is 1. The summed E-state index contributed by atoms with van der Waals surface area (Å²) < 4.78 is 13.9. The first-order valence-corrected chi connectivity index (χ1v) is 7.44. The van der Waals surface area contributed by atoms with Crippen LogP contribution in [0.15, 0.2) is 36.5 Å². The van der Waals surface area contributed by atoms with Crippen LogP contribution in [0.5, 0.6) is 0 Å². The maximum absolute atomic E-state index is 13.9. The molecule has 2 heterocycles. The number of likely N-dealkylation sites (N-methyl/N-ethyl adjacent to an activating group) is 1. The molecule has 1 aliphatic rings. The molecule has 24 heavy (non-hydrogen) atoms. The second kappa shape index (κ2) is 6.16. The highest BCUT2D eigenvalue weighted by Crippen LogP contribution is 2.26. The van der Waals surface area contributed by atoms with Crippen LogP contribution in [0.4, 0.5) is 10.1 Å². The van der Waals surface area contributed by atoms with E-state index < -0.39 is 11.9 Å². The van der Waals surface area contributed by atoms with Gasteiger partial charge in [0.25, 0.3) is 5.91 Å². The van der Waals surface area contributed by atoms with Gasteiger partial charge in [-0.3, -0.25) is 9.59 Å². The fraction of sp³-hybridized carbons (Fsp3) is 0.235. The molecule has 1 aromatic carbocycles. The Labute approximate surface area is 138 Å². The lowest BCUT2D eigenvalue weighted by Crippen LogP contribution is -2.43. The van der Waals surface area contributed by atoms with E-state index in [1.807, 2.05) is 6.07 Å². The summed E-state index contributed by atoms with van der Waals surface area (Å²) in [6.45, 7) is 0.346. The first-order valence-electron chi connectivity index (χ1n) is 7.44. The Morgan fingerprint density at radius 2 is 2.21 bits per heavy atom. The Morgan fingerprint density at radius 1 is 1.46 bits per heavy atom. The third kappa shape index (κ3) is 2.63. The minimum Gasteiger partial charge on any atom is -0.352 e. The molecule has 122 valence electrons. The third-order valence-electron chi connectivity index (χ3n) is 4.16. The zero-order valence-electron chi connectivity index (χ0n) is 13.0. The molecule has 0 bridgehead atoms. The normalized spacial score (nSPS) is 17.0. The van der Waals surface area contributed by atoms with Crippen LogP contribution in [0.3, 0.4) is 0 Å². The van der Waals surface area contributed by atoms with Crippen LogP contribution in [0, 0.1) is 17.1 Å². The maximum atomic E-state index is 13.9. The van der Waals surface area contributed by atoms with Crippen molar-refractivity contribution in [2.75, 3.05) is 18.5 Å². The fourth-order valence-corrected chi connectivity index (χ4v) is 2.86. The Hall–Kier alpha value is -3.14. The average Bonchev–Trinajstić information content (AvgIpc) is 3.21. The number of anilines is 1. The number of nitrogens with zero attached hydrogens (tertiary/aromatic N) is 3. The number of benzene rings is 1. The van der Waals surface area contributed by atoms with Gasteiger partial charge in [0.05, 0.1) is 11.3 Å².